The van der Waals surface area contributed by atoms with Crippen molar-refractivity contribution in [3.8, 4) is 0 Å². The lowest BCUT2D eigenvalue weighted by Crippen LogP contribution is -1.87. The lowest BCUT2D eigenvalue weighted by atomic mass is 10.3. The van der Waals surface area contributed by atoms with E-state index in [0.717, 1.165) is 0 Å². The second-order valence-corrected chi connectivity index (χ2v) is 1.67. The molecule has 1 aromatic carbocycles. The summed E-state index contributed by atoms with van der Waals surface area (Å²) in [5.74, 6) is 0. The van der Waals surface area contributed by atoms with Gasteiger partial charge in [-0.25, -0.2) is 0 Å². The van der Waals surface area contributed by atoms with Crippen LogP contribution in [0.25, 0.3) is 0 Å². The normalized spacial score (nSPS) is 8.00. The van der Waals surface area contributed by atoms with Crippen molar-refractivity contribution in [2.75, 3.05) is 11.5 Å². The molecule has 3 heteroatoms. The molecule has 0 aliphatic carbocycles. The average Bonchev–Trinajstić information content (AvgIpc) is 1.64. The van der Waals surface area contributed by atoms with Gasteiger partial charge in [-0.3, -0.25) is 0 Å². The van der Waals surface area contributed by atoms with Crippen LogP contribution in [0.1, 0.15) is 0 Å². The molecule has 0 aliphatic heterocycles. The summed E-state index contributed by atoms with van der Waals surface area (Å²) in [7, 11) is 0. The van der Waals surface area contributed by atoms with Gasteiger partial charge in [-0.05, 0) is 18.2 Å². The lowest BCUT2D eigenvalue weighted by molar-refractivity contribution is 1.67. The highest BCUT2D eigenvalue weighted by Crippen LogP contribution is 2.06. The second-order valence-electron chi connectivity index (χ2n) is 1.67. The molecule has 0 atom stereocenters. The average molecular weight is 142 g/mol. The first kappa shape index (κ1) is 8.17. The molecule has 0 fully saturated rings. The summed E-state index contributed by atoms with van der Waals surface area (Å²) in [5.41, 5.74) is 12.2. The minimum atomic E-state index is 0. The predicted octanol–water partition coefficient (Wildman–Crippen LogP) is 0.964. The van der Waals surface area contributed by atoms with Gasteiger partial charge in [0.25, 0.3) is 0 Å². The number of hydrogen-bond donors (Lipinski definition) is 2. The Morgan fingerprint density at radius 1 is 1.00 bits per heavy atom. The van der Waals surface area contributed by atoms with Crippen LogP contribution in [0.15, 0.2) is 24.3 Å². The zero-order valence-electron chi connectivity index (χ0n) is 4.96. The van der Waals surface area contributed by atoms with Gasteiger partial charge in [0.15, 0.2) is 0 Å². The molecular formula is C6H10N2S. The van der Waals surface area contributed by atoms with Gasteiger partial charge in [0.2, 0.25) is 0 Å². The Labute approximate surface area is 61.3 Å². The van der Waals surface area contributed by atoms with E-state index in [0.29, 0.717) is 11.4 Å². The van der Waals surface area contributed by atoms with Crippen LogP contribution in [0, 0.1) is 0 Å². The van der Waals surface area contributed by atoms with E-state index in [1.807, 2.05) is 6.07 Å². The summed E-state index contributed by atoms with van der Waals surface area (Å²) in [5, 5.41) is 0. The molecule has 0 aliphatic rings. The first-order valence-electron chi connectivity index (χ1n) is 2.40. The molecule has 0 bridgehead atoms. The zero-order chi connectivity index (χ0) is 5.98. The summed E-state index contributed by atoms with van der Waals surface area (Å²) in [6, 6.07) is 7.15. The van der Waals surface area contributed by atoms with Crippen molar-refractivity contribution >= 4 is 24.9 Å². The van der Waals surface area contributed by atoms with Crippen molar-refractivity contribution < 1.29 is 0 Å². The molecule has 9 heavy (non-hydrogen) atoms. The van der Waals surface area contributed by atoms with Crippen LogP contribution in [0.4, 0.5) is 11.4 Å². The molecule has 0 saturated heterocycles. The third kappa shape index (κ3) is 2.28. The number of benzene rings is 1. The van der Waals surface area contributed by atoms with E-state index >= 15 is 0 Å². The Morgan fingerprint density at radius 3 is 1.67 bits per heavy atom. The standard InChI is InChI=1S/C6H8N2.H2S/c7-5-2-1-3-6(8)4-5;/h1-4H,7-8H2;1H2. The van der Waals surface area contributed by atoms with E-state index in [1.165, 1.54) is 0 Å². The fourth-order valence-corrected chi connectivity index (χ4v) is 0.559. The molecule has 0 unspecified atom stereocenters. The van der Waals surface area contributed by atoms with Crippen molar-refractivity contribution in [2.24, 2.45) is 0 Å². The Bertz CT molecular complexity index is 171. The third-order valence-electron chi connectivity index (χ3n) is 0.911. The van der Waals surface area contributed by atoms with Crippen molar-refractivity contribution in [3.05, 3.63) is 24.3 Å². The maximum absolute atomic E-state index is 5.38. The Kier molecular flexibility index (Phi) is 2.95. The summed E-state index contributed by atoms with van der Waals surface area (Å²) in [4.78, 5) is 0. The first-order chi connectivity index (χ1) is 3.79. The number of anilines is 2. The topological polar surface area (TPSA) is 52.0 Å². The van der Waals surface area contributed by atoms with Crippen LogP contribution in [0.5, 0.6) is 0 Å². The van der Waals surface area contributed by atoms with Gasteiger partial charge in [-0.15, -0.1) is 0 Å². The highest BCUT2D eigenvalue weighted by molar-refractivity contribution is 7.59. The maximum atomic E-state index is 5.38. The minimum absolute atomic E-state index is 0. The summed E-state index contributed by atoms with van der Waals surface area (Å²) < 4.78 is 0. The van der Waals surface area contributed by atoms with Crippen molar-refractivity contribution in [1.29, 1.82) is 0 Å². The fourth-order valence-electron chi connectivity index (χ4n) is 0.559. The van der Waals surface area contributed by atoms with E-state index in [1.54, 1.807) is 18.2 Å². The lowest BCUT2D eigenvalue weighted by Gasteiger charge is -1.91. The summed E-state index contributed by atoms with van der Waals surface area (Å²) >= 11 is 0. The van der Waals surface area contributed by atoms with Crippen LogP contribution in [-0.4, -0.2) is 0 Å². The zero-order valence-corrected chi connectivity index (χ0v) is 5.96. The Balaban J connectivity index is 0.000000640. The van der Waals surface area contributed by atoms with E-state index < -0.39 is 0 Å². The molecule has 1 aromatic rings. The van der Waals surface area contributed by atoms with E-state index in [2.05, 4.69) is 0 Å². The highest BCUT2D eigenvalue weighted by Gasteiger charge is 1.81. The van der Waals surface area contributed by atoms with Crippen molar-refractivity contribution in [2.45, 2.75) is 0 Å². The second kappa shape index (κ2) is 3.25. The van der Waals surface area contributed by atoms with Crippen LogP contribution >= 0.6 is 13.5 Å². The van der Waals surface area contributed by atoms with Crippen LogP contribution in [-0.2, 0) is 0 Å². The fraction of sp³-hybridized carbons (Fsp3) is 0. The van der Waals surface area contributed by atoms with Gasteiger partial charge >= 0.3 is 0 Å². The molecule has 0 heterocycles. The van der Waals surface area contributed by atoms with Gasteiger partial charge in [0, 0.05) is 11.4 Å². The Hall–Kier alpha value is -0.830. The maximum Gasteiger partial charge on any atom is 0.0334 e. The summed E-state index contributed by atoms with van der Waals surface area (Å²) in [6.07, 6.45) is 0. The molecule has 0 saturated carbocycles. The van der Waals surface area contributed by atoms with E-state index in [-0.39, 0.29) is 13.5 Å². The number of rotatable bonds is 0. The van der Waals surface area contributed by atoms with Gasteiger partial charge in [0.1, 0.15) is 0 Å². The Morgan fingerprint density at radius 2 is 1.44 bits per heavy atom. The van der Waals surface area contributed by atoms with E-state index in [9.17, 15) is 0 Å². The van der Waals surface area contributed by atoms with Gasteiger partial charge in [-0.2, -0.15) is 13.5 Å². The van der Waals surface area contributed by atoms with Gasteiger partial charge in [-0.1, -0.05) is 6.07 Å². The molecule has 0 aromatic heterocycles. The monoisotopic (exact) mass is 142 g/mol. The van der Waals surface area contributed by atoms with Crippen LogP contribution in [0.2, 0.25) is 0 Å². The van der Waals surface area contributed by atoms with Crippen molar-refractivity contribution in [1.82, 2.24) is 0 Å². The van der Waals surface area contributed by atoms with Crippen molar-refractivity contribution in [3.63, 3.8) is 0 Å². The number of hydrogen-bond acceptors (Lipinski definition) is 2. The number of nitrogen functional groups attached to an aromatic ring is 2. The first-order valence-corrected chi connectivity index (χ1v) is 2.40. The smallest absolute Gasteiger partial charge is 0.0334 e. The van der Waals surface area contributed by atoms with Gasteiger partial charge in [0.05, 0.1) is 0 Å². The molecular weight excluding hydrogens is 132 g/mol. The van der Waals surface area contributed by atoms with Crippen LogP contribution < -0.4 is 11.5 Å². The molecule has 0 amide bonds. The largest absolute Gasteiger partial charge is 0.399 e. The molecule has 50 valence electrons. The SMILES string of the molecule is Nc1cccc(N)c1.S. The highest BCUT2D eigenvalue weighted by atomic mass is 32.1. The molecule has 4 N–H and O–H groups in total. The quantitative estimate of drug-likeness (QED) is 0.530. The van der Waals surface area contributed by atoms with Crippen LogP contribution in [0.3, 0.4) is 0 Å². The molecule has 2 nitrogen and oxygen atoms in total. The number of nitrogens with two attached hydrogens (primary N) is 2. The molecule has 0 radical (unpaired) electrons. The summed E-state index contributed by atoms with van der Waals surface area (Å²) in [6.45, 7) is 0. The predicted molar refractivity (Wildman–Crippen MR) is 45.6 cm³/mol. The van der Waals surface area contributed by atoms with Gasteiger partial charge < -0.3 is 11.5 Å². The minimum Gasteiger partial charge on any atom is -0.399 e. The molecule has 0 spiro atoms. The molecule has 1 rings (SSSR count). The third-order valence-corrected chi connectivity index (χ3v) is 0.911. The van der Waals surface area contributed by atoms with E-state index in [4.69, 9.17) is 11.5 Å².